The van der Waals surface area contributed by atoms with Gasteiger partial charge in [0.1, 0.15) is 5.60 Å². The van der Waals surface area contributed by atoms with E-state index in [4.69, 9.17) is 10.6 Å². The molecule has 1 heterocycles. The molecular weight excluding hydrogens is 206 g/mol. The number of carbonyl (C=O) groups is 1. The zero-order valence-corrected chi connectivity index (χ0v) is 10.2. The molecule has 3 N–H and O–H groups in total. The van der Waals surface area contributed by atoms with Gasteiger partial charge in [0.2, 0.25) is 0 Å². The van der Waals surface area contributed by atoms with Crippen molar-refractivity contribution in [2.75, 3.05) is 6.54 Å². The number of ether oxygens (including phenoxy) is 1. The Balaban J connectivity index is 2.04. The van der Waals surface area contributed by atoms with Crippen molar-refractivity contribution in [2.24, 2.45) is 5.84 Å². The van der Waals surface area contributed by atoms with Gasteiger partial charge in [-0.1, -0.05) is 0 Å². The molecule has 0 aromatic rings. The molecule has 0 aromatic heterocycles. The lowest BCUT2D eigenvalue weighted by Gasteiger charge is -2.30. The molecule has 5 nitrogen and oxygen atoms in total. The molecule has 0 aromatic carbocycles. The Morgan fingerprint density at radius 2 is 2.12 bits per heavy atom. The van der Waals surface area contributed by atoms with Gasteiger partial charge >= 0.3 is 6.09 Å². The molecule has 2 fully saturated rings. The van der Waals surface area contributed by atoms with Crippen LogP contribution in [0.5, 0.6) is 0 Å². The summed E-state index contributed by atoms with van der Waals surface area (Å²) in [7, 11) is 0. The molecule has 5 heteroatoms. The molecule has 1 amide bonds. The van der Waals surface area contributed by atoms with Crippen LogP contribution in [0, 0.1) is 0 Å². The number of rotatable bonds is 1. The van der Waals surface area contributed by atoms with Gasteiger partial charge in [0, 0.05) is 12.6 Å². The van der Waals surface area contributed by atoms with E-state index in [2.05, 4.69) is 5.43 Å². The molecule has 1 saturated carbocycles. The molecule has 1 unspecified atom stereocenters. The number of hydrazine groups is 1. The van der Waals surface area contributed by atoms with Crippen molar-refractivity contribution in [1.82, 2.24) is 10.3 Å². The number of nitrogens with two attached hydrogens (primary N) is 1. The molecule has 2 rings (SSSR count). The van der Waals surface area contributed by atoms with E-state index in [9.17, 15) is 4.79 Å². The van der Waals surface area contributed by atoms with E-state index in [1.807, 2.05) is 25.7 Å². The third kappa shape index (κ3) is 1.89. The van der Waals surface area contributed by atoms with Crippen molar-refractivity contribution in [2.45, 2.75) is 57.2 Å². The monoisotopic (exact) mass is 227 g/mol. The summed E-state index contributed by atoms with van der Waals surface area (Å²) < 4.78 is 5.41. The highest BCUT2D eigenvalue weighted by Gasteiger charge is 2.59. The van der Waals surface area contributed by atoms with Gasteiger partial charge in [-0.05, 0) is 40.0 Å². The van der Waals surface area contributed by atoms with E-state index in [0.29, 0.717) is 0 Å². The Labute approximate surface area is 96.3 Å². The normalized spacial score (nSPS) is 27.2. The Hall–Kier alpha value is -0.810. The van der Waals surface area contributed by atoms with Crippen molar-refractivity contribution >= 4 is 6.09 Å². The first kappa shape index (κ1) is 11.7. The minimum absolute atomic E-state index is 0.0584. The lowest BCUT2D eigenvalue weighted by molar-refractivity contribution is 0.0190. The number of amides is 1. The summed E-state index contributed by atoms with van der Waals surface area (Å²) in [5.74, 6) is 5.51. The summed E-state index contributed by atoms with van der Waals surface area (Å²) in [6.45, 7) is 6.40. The van der Waals surface area contributed by atoms with E-state index in [-0.39, 0.29) is 17.7 Å². The summed E-state index contributed by atoms with van der Waals surface area (Å²) in [5, 5.41) is 0. The highest BCUT2D eigenvalue weighted by Crippen LogP contribution is 2.49. The van der Waals surface area contributed by atoms with E-state index < -0.39 is 5.60 Å². The van der Waals surface area contributed by atoms with E-state index >= 15 is 0 Å². The number of nitrogens with one attached hydrogen (secondary N) is 1. The fraction of sp³-hybridized carbons (Fsp3) is 0.909. The minimum atomic E-state index is -0.429. The number of likely N-dealkylation sites (tertiary alicyclic amines) is 1. The first-order chi connectivity index (χ1) is 7.39. The van der Waals surface area contributed by atoms with Crippen molar-refractivity contribution in [3.8, 4) is 0 Å². The van der Waals surface area contributed by atoms with Crippen LogP contribution in [0.15, 0.2) is 0 Å². The fourth-order valence-corrected chi connectivity index (χ4v) is 2.51. The van der Waals surface area contributed by atoms with Crippen LogP contribution in [-0.4, -0.2) is 34.7 Å². The zero-order chi connectivity index (χ0) is 12.0. The SMILES string of the molecule is CC(C)(C)OC(=O)N1CCC(NN)C12CC2. The molecule has 1 aliphatic heterocycles. The van der Waals surface area contributed by atoms with Crippen LogP contribution >= 0.6 is 0 Å². The predicted octanol–water partition coefficient (Wildman–Crippen LogP) is 0.992. The Morgan fingerprint density at radius 3 is 2.56 bits per heavy atom. The predicted molar refractivity (Wildman–Crippen MR) is 60.6 cm³/mol. The van der Waals surface area contributed by atoms with Crippen LogP contribution < -0.4 is 11.3 Å². The second-order valence-electron chi connectivity index (χ2n) is 5.74. The zero-order valence-electron chi connectivity index (χ0n) is 10.2. The van der Waals surface area contributed by atoms with Crippen LogP contribution in [-0.2, 0) is 4.74 Å². The minimum Gasteiger partial charge on any atom is -0.444 e. The second kappa shape index (κ2) is 3.60. The summed E-state index contributed by atoms with van der Waals surface area (Å²) in [4.78, 5) is 13.9. The lowest BCUT2D eigenvalue weighted by atomic mass is 10.1. The molecule has 92 valence electrons. The standard InChI is InChI=1S/C11H21N3O2/c1-10(2,3)16-9(15)14-7-4-8(13-12)11(14)5-6-11/h8,13H,4-7,12H2,1-3H3. The van der Waals surface area contributed by atoms with Gasteiger partial charge in [-0.25, -0.2) is 4.79 Å². The molecule has 1 saturated heterocycles. The van der Waals surface area contributed by atoms with E-state index in [0.717, 1.165) is 25.8 Å². The van der Waals surface area contributed by atoms with Crippen LogP contribution in [0.2, 0.25) is 0 Å². The summed E-state index contributed by atoms with van der Waals surface area (Å²) in [5.41, 5.74) is 2.33. The smallest absolute Gasteiger partial charge is 0.410 e. The summed E-state index contributed by atoms with van der Waals surface area (Å²) in [6, 6.07) is 0.222. The second-order valence-corrected chi connectivity index (χ2v) is 5.74. The van der Waals surface area contributed by atoms with Gasteiger partial charge in [-0.2, -0.15) is 0 Å². The Kier molecular flexibility index (Phi) is 2.62. The highest BCUT2D eigenvalue weighted by atomic mass is 16.6. The number of hydrogen-bond donors (Lipinski definition) is 2. The van der Waals surface area contributed by atoms with Crippen LogP contribution in [0.3, 0.4) is 0 Å². The molecule has 16 heavy (non-hydrogen) atoms. The third-order valence-corrected chi connectivity index (χ3v) is 3.40. The van der Waals surface area contributed by atoms with Gasteiger partial charge in [0.05, 0.1) is 5.54 Å². The van der Waals surface area contributed by atoms with Crippen LogP contribution in [0.4, 0.5) is 4.79 Å². The molecular formula is C11H21N3O2. The molecule has 0 bridgehead atoms. The fourth-order valence-electron chi connectivity index (χ4n) is 2.51. The average molecular weight is 227 g/mol. The Bertz CT molecular complexity index is 294. The first-order valence-corrected chi connectivity index (χ1v) is 5.86. The highest BCUT2D eigenvalue weighted by molar-refractivity contribution is 5.70. The first-order valence-electron chi connectivity index (χ1n) is 5.86. The van der Waals surface area contributed by atoms with Crippen molar-refractivity contribution in [1.29, 1.82) is 0 Å². The lowest BCUT2D eigenvalue weighted by Crippen LogP contribution is -2.50. The molecule has 1 spiro atoms. The molecule has 2 aliphatic rings. The Morgan fingerprint density at radius 1 is 1.50 bits per heavy atom. The largest absolute Gasteiger partial charge is 0.444 e. The third-order valence-electron chi connectivity index (χ3n) is 3.40. The maximum Gasteiger partial charge on any atom is 0.410 e. The molecule has 1 atom stereocenters. The molecule has 0 radical (unpaired) electrons. The number of nitrogens with zero attached hydrogens (tertiary/aromatic N) is 1. The quantitative estimate of drug-likeness (QED) is 0.518. The van der Waals surface area contributed by atoms with Gasteiger partial charge in [-0.15, -0.1) is 0 Å². The van der Waals surface area contributed by atoms with Gasteiger partial charge in [0.25, 0.3) is 0 Å². The van der Waals surface area contributed by atoms with Gasteiger partial charge < -0.3 is 9.64 Å². The van der Waals surface area contributed by atoms with E-state index in [1.165, 1.54) is 0 Å². The average Bonchev–Trinajstić information content (AvgIpc) is 2.78. The topological polar surface area (TPSA) is 67.6 Å². The van der Waals surface area contributed by atoms with Crippen molar-refractivity contribution in [3.63, 3.8) is 0 Å². The summed E-state index contributed by atoms with van der Waals surface area (Å²) >= 11 is 0. The number of hydrogen-bond acceptors (Lipinski definition) is 4. The van der Waals surface area contributed by atoms with Crippen molar-refractivity contribution in [3.05, 3.63) is 0 Å². The van der Waals surface area contributed by atoms with Crippen LogP contribution in [0.25, 0.3) is 0 Å². The maximum absolute atomic E-state index is 12.0. The summed E-state index contributed by atoms with van der Waals surface area (Å²) in [6.07, 6.45) is 2.76. The number of carbonyl (C=O) groups excluding carboxylic acids is 1. The van der Waals surface area contributed by atoms with Crippen LogP contribution in [0.1, 0.15) is 40.0 Å². The maximum atomic E-state index is 12.0. The van der Waals surface area contributed by atoms with Crippen molar-refractivity contribution < 1.29 is 9.53 Å². The van der Waals surface area contributed by atoms with Gasteiger partial charge in [0.15, 0.2) is 0 Å². The van der Waals surface area contributed by atoms with Gasteiger partial charge in [-0.3, -0.25) is 11.3 Å². The van der Waals surface area contributed by atoms with E-state index in [1.54, 1.807) is 0 Å². The molecule has 1 aliphatic carbocycles.